The quantitative estimate of drug-likeness (QED) is 0.320. The van der Waals surface area contributed by atoms with E-state index < -0.39 is 0 Å². The van der Waals surface area contributed by atoms with Crippen molar-refractivity contribution in [3.8, 4) is 0 Å². The van der Waals surface area contributed by atoms with Crippen LogP contribution >= 0.6 is 0 Å². The van der Waals surface area contributed by atoms with Crippen LogP contribution in [0.1, 0.15) is 2.85 Å². The Balaban J connectivity index is -0.000000000500. The molecular formula is CH9BMgO2. The van der Waals surface area contributed by atoms with Gasteiger partial charge in [0.05, 0.1) is 7.85 Å². The van der Waals surface area contributed by atoms with Gasteiger partial charge in [0.15, 0.2) is 0 Å². The summed E-state index contributed by atoms with van der Waals surface area (Å²) in [5, 5.41) is 0. The standard InChI is InChI=1S/CH3B.Mg.2H2O.2H/c1-2;;;;;/h1H3;;2*1H2;;/q;+2;;;2*-1. The van der Waals surface area contributed by atoms with Crippen molar-refractivity contribution in [3.05, 3.63) is 0 Å². The predicted octanol–water partition coefficient (Wildman–Crippen LogP) is -1.60. The van der Waals surface area contributed by atoms with Gasteiger partial charge in [-0.25, -0.2) is 0 Å². The molecule has 0 rings (SSSR count). The van der Waals surface area contributed by atoms with E-state index in [1.54, 1.807) is 0 Å². The van der Waals surface area contributed by atoms with Crippen LogP contribution in [-0.4, -0.2) is 41.9 Å². The zero-order valence-electron chi connectivity index (χ0n) is 5.28. The third-order valence-corrected chi connectivity index (χ3v) is 0. The molecule has 0 aromatic carbocycles. The molecule has 0 heterocycles. The number of hydrogen-bond acceptors (Lipinski definition) is 0. The van der Waals surface area contributed by atoms with E-state index in [9.17, 15) is 0 Å². The summed E-state index contributed by atoms with van der Waals surface area (Å²) in [7, 11) is 4.50. The first-order valence-corrected chi connectivity index (χ1v) is 0.577. The van der Waals surface area contributed by atoms with Crippen molar-refractivity contribution in [2.75, 3.05) is 0 Å². The van der Waals surface area contributed by atoms with Gasteiger partial charge in [-0.1, -0.05) is 6.82 Å². The molecule has 0 aliphatic rings. The first kappa shape index (κ1) is 42.3. The third kappa shape index (κ3) is 63.7. The summed E-state index contributed by atoms with van der Waals surface area (Å²) < 4.78 is 0. The maximum Gasteiger partial charge on any atom is 2.00 e. The van der Waals surface area contributed by atoms with E-state index in [1.165, 1.54) is 6.82 Å². The minimum atomic E-state index is 0. The van der Waals surface area contributed by atoms with Crippen LogP contribution in [0.25, 0.3) is 0 Å². The molecule has 0 saturated heterocycles. The molecular weight excluding hydrogens is 79.1 g/mol. The monoisotopic (exact) mass is 88.1 g/mol. The Labute approximate surface area is 52.1 Å². The van der Waals surface area contributed by atoms with E-state index in [0.29, 0.717) is 0 Å². The molecule has 0 unspecified atom stereocenters. The third-order valence-electron chi connectivity index (χ3n) is 0. The van der Waals surface area contributed by atoms with Crippen molar-refractivity contribution in [1.82, 2.24) is 0 Å². The van der Waals surface area contributed by atoms with Crippen molar-refractivity contribution in [3.63, 3.8) is 0 Å². The van der Waals surface area contributed by atoms with Crippen molar-refractivity contribution in [2.45, 2.75) is 6.82 Å². The van der Waals surface area contributed by atoms with E-state index in [-0.39, 0.29) is 36.9 Å². The molecule has 0 amide bonds. The van der Waals surface area contributed by atoms with Gasteiger partial charge in [0.1, 0.15) is 0 Å². The fraction of sp³-hybridized carbons (Fsp3) is 1.00. The average molecular weight is 88.2 g/mol. The zero-order valence-corrected chi connectivity index (χ0v) is 4.70. The van der Waals surface area contributed by atoms with Gasteiger partial charge in [-0.3, -0.25) is 0 Å². The van der Waals surface area contributed by atoms with Gasteiger partial charge < -0.3 is 13.8 Å². The molecule has 2 radical (unpaired) electrons. The van der Waals surface area contributed by atoms with Crippen LogP contribution in [0.15, 0.2) is 0 Å². The summed E-state index contributed by atoms with van der Waals surface area (Å²) in [6.07, 6.45) is 0. The minimum absolute atomic E-state index is 0. The Hall–Kier alpha value is 0.751. The molecule has 4 N–H and O–H groups in total. The van der Waals surface area contributed by atoms with Crippen LogP contribution in [0.2, 0.25) is 6.82 Å². The van der Waals surface area contributed by atoms with Crippen molar-refractivity contribution in [2.24, 2.45) is 0 Å². The topological polar surface area (TPSA) is 63.0 Å². The fourth-order valence-corrected chi connectivity index (χ4v) is 0. The van der Waals surface area contributed by atoms with Gasteiger partial charge in [0, 0.05) is 0 Å². The first-order valence-electron chi connectivity index (χ1n) is 0.577. The number of rotatable bonds is 0. The average Bonchev–Trinajstić information content (AvgIpc) is 1.00. The van der Waals surface area contributed by atoms with Crippen LogP contribution in [-0.2, 0) is 0 Å². The molecule has 4 heteroatoms. The van der Waals surface area contributed by atoms with Gasteiger partial charge in [0.2, 0.25) is 0 Å². The number of hydrogen-bond donors (Lipinski definition) is 0. The van der Waals surface area contributed by atoms with Crippen LogP contribution in [0, 0.1) is 0 Å². The molecule has 0 aliphatic carbocycles. The van der Waals surface area contributed by atoms with Crippen molar-refractivity contribution in [1.29, 1.82) is 0 Å². The molecule has 0 aromatic rings. The summed E-state index contributed by atoms with van der Waals surface area (Å²) in [6, 6.07) is 0. The second-order valence-electron chi connectivity index (χ2n) is 0. The summed E-state index contributed by atoms with van der Waals surface area (Å²) >= 11 is 0. The molecule has 0 atom stereocenters. The Morgan fingerprint density at radius 1 is 1.20 bits per heavy atom. The Kier molecular flexibility index (Phi) is 1000. The maximum absolute atomic E-state index is 4.50. The van der Waals surface area contributed by atoms with Crippen LogP contribution in [0.3, 0.4) is 0 Å². The van der Waals surface area contributed by atoms with E-state index in [4.69, 9.17) is 0 Å². The molecule has 0 fully saturated rings. The van der Waals surface area contributed by atoms with Crippen LogP contribution < -0.4 is 0 Å². The second kappa shape index (κ2) is 118. The molecule has 0 aliphatic heterocycles. The van der Waals surface area contributed by atoms with E-state index >= 15 is 0 Å². The summed E-state index contributed by atoms with van der Waals surface area (Å²) in [6.45, 7) is 1.50. The largest absolute Gasteiger partial charge is 2.00 e. The fourth-order valence-electron chi connectivity index (χ4n) is 0. The molecule has 5 heavy (non-hydrogen) atoms. The van der Waals surface area contributed by atoms with E-state index in [0.717, 1.165) is 0 Å². The van der Waals surface area contributed by atoms with Gasteiger partial charge in [-0.15, -0.1) is 0 Å². The zero-order chi connectivity index (χ0) is 2.00. The smallest absolute Gasteiger partial charge is 1.00 e. The molecule has 0 spiro atoms. The van der Waals surface area contributed by atoms with Gasteiger partial charge in [-0.2, -0.15) is 0 Å². The van der Waals surface area contributed by atoms with Crippen LogP contribution in [0.4, 0.5) is 0 Å². The summed E-state index contributed by atoms with van der Waals surface area (Å²) in [5.74, 6) is 0. The van der Waals surface area contributed by atoms with E-state index in [2.05, 4.69) is 7.85 Å². The minimum Gasteiger partial charge on any atom is -1.00 e. The Morgan fingerprint density at radius 2 is 1.20 bits per heavy atom. The van der Waals surface area contributed by atoms with Crippen LogP contribution in [0.5, 0.6) is 0 Å². The molecule has 2 nitrogen and oxygen atoms in total. The van der Waals surface area contributed by atoms with Gasteiger partial charge in [-0.05, 0) is 0 Å². The molecule has 0 bridgehead atoms. The summed E-state index contributed by atoms with van der Waals surface area (Å²) in [5.41, 5.74) is 0. The summed E-state index contributed by atoms with van der Waals surface area (Å²) in [4.78, 5) is 0. The van der Waals surface area contributed by atoms with Crippen molar-refractivity contribution < 1.29 is 13.8 Å². The first-order chi connectivity index (χ1) is 1.00. The normalized spacial score (nSPS) is 1.00. The van der Waals surface area contributed by atoms with Crippen molar-refractivity contribution >= 4 is 30.9 Å². The van der Waals surface area contributed by atoms with E-state index in [1.807, 2.05) is 0 Å². The SMILES string of the molecule is O.O.[B]C.[H-].[H-].[Mg+2]. The molecule has 0 saturated carbocycles. The molecule has 0 aromatic heterocycles. The Morgan fingerprint density at radius 3 is 1.20 bits per heavy atom. The second-order valence-corrected chi connectivity index (χ2v) is 0. The Bertz CT molecular complexity index is 15.7. The van der Waals surface area contributed by atoms with Gasteiger partial charge >= 0.3 is 23.1 Å². The predicted molar refractivity (Wildman–Crippen MR) is 26.8 cm³/mol. The van der Waals surface area contributed by atoms with Gasteiger partial charge in [0.25, 0.3) is 0 Å². The molecule has 30 valence electrons. The maximum atomic E-state index is 4.50.